The molecule has 1 unspecified atom stereocenters. The maximum absolute atomic E-state index is 6.15. The quantitative estimate of drug-likeness (QED) is 0.732. The summed E-state index contributed by atoms with van der Waals surface area (Å²) in [6.45, 7) is 0. The molecule has 3 aromatic rings. The van der Waals surface area contributed by atoms with Gasteiger partial charge in [0.05, 0.1) is 6.04 Å². The molecule has 2 aromatic heterocycles. The van der Waals surface area contributed by atoms with Crippen LogP contribution in [0.25, 0.3) is 4.96 Å². The van der Waals surface area contributed by atoms with Crippen molar-refractivity contribution in [2.45, 2.75) is 12.5 Å². The number of nitrogens with two attached hydrogens (primary N) is 2. The Hall–Kier alpha value is -1.99. The summed E-state index contributed by atoms with van der Waals surface area (Å²) in [4.78, 5) is 0.672. The average Bonchev–Trinajstić information content (AvgIpc) is 2.88. The van der Waals surface area contributed by atoms with Crippen molar-refractivity contribution >= 4 is 21.4 Å². The second kappa shape index (κ2) is 4.35. The lowest BCUT2D eigenvalue weighted by molar-refractivity contribution is 0.641. The smallest absolute Gasteiger partial charge is 0.236 e. The van der Waals surface area contributed by atoms with E-state index in [2.05, 4.69) is 15.3 Å². The Labute approximate surface area is 107 Å². The minimum Gasteiger partial charge on any atom is -0.374 e. The molecule has 0 saturated carbocycles. The molecule has 6 nitrogen and oxygen atoms in total. The van der Waals surface area contributed by atoms with Crippen molar-refractivity contribution in [2.75, 3.05) is 5.73 Å². The second-order valence-corrected chi connectivity index (χ2v) is 4.98. The van der Waals surface area contributed by atoms with E-state index in [0.717, 1.165) is 5.56 Å². The summed E-state index contributed by atoms with van der Waals surface area (Å²) >= 11 is 1.30. The van der Waals surface area contributed by atoms with Crippen LogP contribution in [-0.2, 0) is 6.42 Å². The van der Waals surface area contributed by atoms with E-state index in [1.54, 1.807) is 4.52 Å². The van der Waals surface area contributed by atoms with Crippen LogP contribution in [0.5, 0.6) is 0 Å². The summed E-state index contributed by atoms with van der Waals surface area (Å²) in [6.07, 6.45) is 0.694. The molecule has 0 aliphatic carbocycles. The summed E-state index contributed by atoms with van der Waals surface area (Å²) in [6, 6.07) is 9.78. The number of anilines is 1. The average molecular weight is 260 g/mol. The first-order valence-electron chi connectivity index (χ1n) is 5.51. The number of rotatable bonds is 3. The molecule has 18 heavy (non-hydrogen) atoms. The molecule has 0 bridgehead atoms. The number of aromatic nitrogens is 4. The van der Waals surface area contributed by atoms with Crippen molar-refractivity contribution in [3.05, 3.63) is 41.7 Å². The Morgan fingerprint density at radius 1 is 1.22 bits per heavy atom. The molecule has 0 saturated heterocycles. The standard InChI is InChI=1S/C11H12N6S/c12-8(6-7-4-2-1-3-5-7)9-14-15-11-17(9)16-10(13)18-11/h1-5,8H,6,12H2,(H2,13,16). The molecule has 0 aliphatic rings. The van der Waals surface area contributed by atoms with Crippen LogP contribution < -0.4 is 11.5 Å². The molecule has 4 N–H and O–H groups in total. The third-order valence-electron chi connectivity index (χ3n) is 2.66. The molecular weight excluding hydrogens is 248 g/mol. The predicted molar refractivity (Wildman–Crippen MR) is 70.1 cm³/mol. The second-order valence-electron chi connectivity index (χ2n) is 3.99. The van der Waals surface area contributed by atoms with Crippen LogP contribution >= 0.6 is 11.3 Å². The summed E-state index contributed by atoms with van der Waals surface area (Å²) in [7, 11) is 0. The fourth-order valence-corrected chi connectivity index (χ4v) is 2.45. The third kappa shape index (κ3) is 1.93. The number of benzene rings is 1. The molecule has 2 heterocycles. The largest absolute Gasteiger partial charge is 0.374 e. The summed E-state index contributed by atoms with van der Waals surface area (Å²) in [5.41, 5.74) is 12.9. The molecule has 0 radical (unpaired) electrons. The van der Waals surface area contributed by atoms with Crippen molar-refractivity contribution in [1.82, 2.24) is 19.8 Å². The highest BCUT2D eigenvalue weighted by Crippen LogP contribution is 2.19. The van der Waals surface area contributed by atoms with Crippen molar-refractivity contribution in [1.29, 1.82) is 0 Å². The highest BCUT2D eigenvalue weighted by molar-refractivity contribution is 7.20. The number of fused-ring (bicyclic) bond motifs is 1. The van der Waals surface area contributed by atoms with Gasteiger partial charge in [0.2, 0.25) is 10.1 Å². The number of nitrogens with zero attached hydrogens (tertiary/aromatic N) is 4. The zero-order valence-electron chi connectivity index (χ0n) is 9.52. The van der Waals surface area contributed by atoms with Gasteiger partial charge in [0.15, 0.2) is 5.82 Å². The first kappa shape index (κ1) is 11.1. The summed E-state index contributed by atoms with van der Waals surface area (Å²) in [5.74, 6) is 0.641. The van der Waals surface area contributed by atoms with Gasteiger partial charge in [0.1, 0.15) is 0 Å². The van der Waals surface area contributed by atoms with Crippen LogP contribution in [0.3, 0.4) is 0 Å². The monoisotopic (exact) mass is 260 g/mol. The van der Waals surface area contributed by atoms with Gasteiger partial charge >= 0.3 is 0 Å². The van der Waals surface area contributed by atoms with E-state index >= 15 is 0 Å². The minimum absolute atomic E-state index is 0.246. The normalized spacial score (nSPS) is 12.9. The van der Waals surface area contributed by atoms with Gasteiger partial charge in [0.25, 0.3) is 0 Å². The highest BCUT2D eigenvalue weighted by atomic mass is 32.1. The van der Waals surface area contributed by atoms with Crippen LogP contribution in [0.2, 0.25) is 0 Å². The molecule has 0 aliphatic heterocycles. The van der Waals surface area contributed by atoms with Gasteiger partial charge < -0.3 is 11.5 Å². The maximum atomic E-state index is 6.15. The molecule has 1 atom stereocenters. The van der Waals surface area contributed by atoms with E-state index in [1.807, 2.05) is 30.3 Å². The van der Waals surface area contributed by atoms with Crippen LogP contribution in [0.4, 0.5) is 5.13 Å². The van der Waals surface area contributed by atoms with Crippen molar-refractivity contribution < 1.29 is 0 Å². The van der Waals surface area contributed by atoms with Crippen LogP contribution in [0, 0.1) is 0 Å². The topological polar surface area (TPSA) is 95.1 Å². The van der Waals surface area contributed by atoms with Crippen LogP contribution in [-0.4, -0.2) is 19.8 Å². The summed E-state index contributed by atoms with van der Waals surface area (Å²) < 4.78 is 1.62. The van der Waals surface area contributed by atoms with Gasteiger partial charge in [0, 0.05) is 0 Å². The fraction of sp³-hybridized carbons (Fsp3) is 0.182. The SMILES string of the molecule is Nc1nn2c(C(N)Cc3ccccc3)nnc2s1. The molecular formula is C11H12N6S. The van der Waals surface area contributed by atoms with E-state index in [-0.39, 0.29) is 6.04 Å². The van der Waals surface area contributed by atoms with Gasteiger partial charge in [-0.1, -0.05) is 41.7 Å². The number of hydrogen-bond acceptors (Lipinski definition) is 6. The fourth-order valence-electron chi connectivity index (χ4n) is 1.84. The lowest BCUT2D eigenvalue weighted by Gasteiger charge is -2.08. The highest BCUT2D eigenvalue weighted by Gasteiger charge is 2.17. The van der Waals surface area contributed by atoms with Crippen LogP contribution in [0.15, 0.2) is 30.3 Å². The molecule has 0 amide bonds. The predicted octanol–water partition coefficient (Wildman–Crippen LogP) is 1.01. The van der Waals surface area contributed by atoms with E-state index in [1.165, 1.54) is 11.3 Å². The van der Waals surface area contributed by atoms with E-state index < -0.39 is 0 Å². The van der Waals surface area contributed by atoms with Gasteiger partial charge in [-0.2, -0.15) is 4.52 Å². The van der Waals surface area contributed by atoms with E-state index in [0.29, 0.717) is 22.3 Å². The number of hydrogen-bond donors (Lipinski definition) is 2. The zero-order valence-corrected chi connectivity index (χ0v) is 10.3. The Balaban J connectivity index is 1.90. The lowest BCUT2D eigenvalue weighted by atomic mass is 10.1. The Kier molecular flexibility index (Phi) is 2.69. The number of nitrogen functional groups attached to an aromatic ring is 1. The van der Waals surface area contributed by atoms with E-state index in [9.17, 15) is 0 Å². The van der Waals surface area contributed by atoms with Gasteiger partial charge in [-0.25, -0.2) is 0 Å². The van der Waals surface area contributed by atoms with Crippen molar-refractivity contribution in [2.24, 2.45) is 5.73 Å². The zero-order chi connectivity index (χ0) is 12.5. The van der Waals surface area contributed by atoms with Gasteiger partial charge in [-0.3, -0.25) is 0 Å². The minimum atomic E-state index is -0.246. The molecule has 7 heteroatoms. The molecule has 3 rings (SSSR count). The molecule has 0 fully saturated rings. The van der Waals surface area contributed by atoms with E-state index in [4.69, 9.17) is 11.5 Å². The first-order valence-corrected chi connectivity index (χ1v) is 6.33. The third-order valence-corrected chi connectivity index (χ3v) is 3.39. The summed E-state index contributed by atoms with van der Waals surface area (Å²) in [5, 5.41) is 12.7. The molecule has 0 spiro atoms. The Bertz CT molecular complexity index is 659. The van der Waals surface area contributed by atoms with Crippen molar-refractivity contribution in [3.63, 3.8) is 0 Å². The van der Waals surface area contributed by atoms with Crippen molar-refractivity contribution in [3.8, 4) is 0 Å². The Morgan fingerprint density at radius 2 is 2.00 bits per heavy atom. The molecule has 92 valence electrons. The maximum Gasteiger partial charge on any atom is 0.236 e. The van der Waals surface area contributed by atoms with Gasteiger partial charge in [-0.05, 0) is 12.0 Å². The Morgan fingerprint density at radius 3 is 2.78 bits per heavy atom. The molecule has 1 aromatic carbocycles. The van der Waals surface area contributed by atoms with Crippen LogP contribution in [0.1, 0.15) is 17.4 Å². The van der Waals surface area contributed by atoms with Gasteiger partial charge in [-0.15, -0.1) is 15.3 Å². The first-order chi connectivity index (χ1) is 8.74. The lowest BCUT2D eigenvalue weighted by Crippen LogP contribution is -2.17.